The fourth-order valence-corrected chi connectivity index (χ4v) is 2.98. The molecule has 1 aliphatic rings. The second-order valence-corrected chi connectivity index (χ2v) is 6.26. The molecule has 0 spiro atoms. The fourth-order valence-electron chi connectivity index (χ4n) is 2.11. The highest BCUT2D eigenvalue weighted by molar-refractivity contribution is 7.09. The van der Waals surface area contributed by atoms with Gasteiger partial charge >= 0.3 is 0 Å². The smallest absolute Gasteiger partial charge is 0.220 e. The van der Waals surface area contributed by atoms with Crippen molar-refractivity contribution in [2.24, 2.45) is 5.92 Å². The van der Waals surface area contributed by atoms with Crippen molar-refractivity contribution in [3.63, 3.8) is 0 Å². The van der Waals surface area contributed by atoms with Crippen molar-refractivity contribution in [3.05, 3.63) is 16.1 Å². The third-order valence-corrected chi connectivity index (χ3v) is 4.46. The summed E-state index contributed by atoms with van der Waals surface area (Å²) in [5, 5.41) is 6.23. The molecule has 2 rings (SSSR count). The number of hydrogen-bond acceptors (Lipinski definition) is 4. The molecular formula is C14H22N2O2S. The van der Waals surface area contributed by atoms with Crippen molar-refractivity contribution < 1.29 is 9.53 Å². The van der Waals surface area contributed by atoms with Crippen molar-refractivity contribution in [1.29, 1.82) is 0 Å². The van der Waals surface area contributed by atoms with Gasteiger partial charge in [0.05, 0.1) is 10.7 Å². The predicted octanol–water partition coefficient (Wildman–Crippen LogP) is 2.35. The van der Waals surface area contributed by atoms with Crippen molar-refractivity contribution in [2.45, 2.75) is 39.0 Å². The van der Waals surface area contributed by atoms with E-state index in [1.54, 1.807) is 11.3 Å². The Labute approximate surface area is 118 Å². The van der Waals surface area contributed by atoms with Gasteiger partial charge in [-0.2, -0.15) is 0 Å². The molecule has 0 aliphatic carbocycles. The first-order valence-electron chi connectivity index (χ1n) is 6.94. The number of nitrogens with one attached hydrogen (secondary N) is 1. The molecule has 1 atom stereocenters. The van der Waals surface area contributed by atoms with Gasteiger partial charge in [0.1, 0.15) is 0 Å². The first kappa shape index (κ1) is 14.5. The molecule has 1 fully saturated rings. The standard InChI is InChI=1S/C14H22N2O2S/c1-10(2)14-16-12(9-19-14)3-5-15-13(17)7-11-4-6-18-8-11/h9-11H,3-8H2,1-2H3,(H,15,17)/t11-/m1/s1. The summed E-state index contributed by atoms with van der Waals surface area (Å²) in [6.45, 7) is 6.50. The normalized spacial score (nSPS) is 19.0. The van der Waals surface area contributed by atoms with Gasteiger partial charge in [-0.05, 0) is 12.3 Å². The van der Waals surface area contributed by atoms with Gasteiger partial charge in [0.25, 0.3) is 0 Å². The quantitative estimate of drug-likeness (QED) is 0.871. The lowest BCUT2D eigenvalue weighted by Crippen LogP contribution is -2.27. The summed E-state index contributed by atoms with van der Waals surface area (Å²) < 4.78 is 5.27. The van der Waals surface area contributed by atoms with Gasteiger partial charge in [-0.1, -0.05) is 13.8 Å². The zero-order valence-electron chi connectivity index (χ0n) is 11.6. The number of rotatable bonds is 6. The average Bonchev–Trinajstić information content (AvgIpc) is 3.00. The lowest BCUT2D eigenvalue weighted by Gasteiger charge is -2.07. The summed E-state index contributed by atoms with van der Waals surface area (Å²) >= 11 is 1.70. The topological polar surface area (TPSA) is 51.2 Å². The van der Waals surface area contributed by atoms with E-state index >= 15 is 0 Å². The first-order valence-corrected chi connectivity index (χ1v) is 7.82. The van der Waals surface area contributed by atoms with Crippen LogP contribution in [0.15, 0.2) is 5.38 Å². The van der Waals surface area contributed by atoms with Crippen LogP contribution in [0.3, 0.4) is 0 Å². The van der Waals surface area contributed by atoms with Crippen LogP contribution >= 0.6 is 11.3 Å². The Balaban J connectivity index is 1.66. The first-order chi connectivity index (χ1) is 9.15. The molecule has 1 aromatic rings. The second-order valence-electron chi connectivity index (χ2n) is 5.37. The van der Waals surface area contributed by atoms with E-state index in [-0.39, 0.29) is 5.91 Å². The zero-order chi connectivity index (χ0) is 13.7. The Bertz CT molecular complexity index is 411. The Morgan fingerprint density at radius 2 is 2.47 bits per heavy atom. The van der Waals surface area contributed by atoms with Crippen molar-refractivity contribution >= 4 is 17.2 Å². The van der Waals surface area contributed by atoms with E-state index in [0.717, 1.165) is 31.7 Å². The summed E-state index contributed by atoms with van der Waals surface area (Å²) in [7, 11) is 0. The third kappa shape index (κ3) is 4.58. The van der Waals surface area contributed by atoms with Crippen LogP contribution in [0.5, 0.6) is 0 Å². The van der Waals surface area contributed by atoms with Crippen LogP contribution in [0, 0.1) is 5.92 Å². The minimum atomic E-state index is 0.134. The Kier molecular flexibility index (Phi) is 5.34. The summed E-state index contributed by atoms with van der Waals surface area (Å²) in [6.07, 6.45) is 2.42. The SMILES string of the molecule is CC(C)c1nc(CCNC(=O)C[C@H]2CCOC2)cs1. The van der Waals surface area contributed by atoms with Crippen LogP contribution in [0.1, 0.15) is 43.3 Å². The molecule has 1 saturated heterocycles. The number of aromatic nitrogens is 1. The van der Waals surface area contributed by atoms with Gasteiger partial charge in [0, 0.05) is 43.9 Å². The summed E-state index contributed by atoms with van der Waals surface area (Å²) in [6, 6.07) is 0. The van der Waals surface area contributed by atoms with E-state index in [1.165, 1.54) is 5.01 Å². The maximum atomic E-state index is 11.7. The molecule has 0 aromatic carbocycles. The van der Waals surface area contributed by atoms with Gasteiger partial charge in [-0.15, -0.1) is 11.3 Å². The van der Waals surface area contributed by atoms with Gasteiger partial charge in [0.2, 0.25) is 5.91 Å². The highest BCUT2D eigenvalue weighted by Crippen LogP contribution is 2.19. The third-order valence-electron chi connectivity index (χ3n) is 3.26. The van der Waals surface area contributed by atoms with Crippen LogP contribution in [0.25, 0.3) is 0 Å². The van der Waals surface area contributed by atoms with Crippen molar-refractivity contribution in [2.75, 3.05) is 19.8 Å². The lowest BCUT2D eigenvalue weighted by atomic mass is 10.1. The molecule has 1 amide bonds. The van der Waals surface area contributed by atoms with E-state index in [0.29, 0.717) is 24.8 Å². The van der Waals surface area contributed by atoms with Gasteiger partial charge in [-0.25, -0.2) is 4.98 Å². The predicted molar refractivity (Wildman–Crippen MR) is 76.5 cm³/mol. The van der Waals surface area contributed by atoms with Crippen LogP contribution < -0.4 is 5.32 Å². The second kappa shape index (κ2) is 7.01. The van der Waals surface area contributed by atoms with E-state index in [4.69, 9.17) is 4.74 Å². The molecule has 0 saturated carbocycles. The number of ether oxygens (including phenoxy) is 1. The van der Waals surface area contributed by atoms with Crippen LogP contribution in [-0.2, 0) is 16.0 Å². The summed E-state index contributed by atoms with van der Waals surface area (Å²) in [5.41, 5.74) is 1.08. The monoisotopic (exact) mass is 282 g/mol. The molecule has 4 nitrogen and oxygen atoms in total. The van der Waals surface area contributed by atoms with E-state index < -0.39 is 0 Å². The number of thiazole rings is 1. The van der Waals surface area contributed by atoms with Crippen molar-refractivity contribution in [1.82, 2.24) is 10.3 Å². The molecule has 2 heterocycles. The van der Waals surface area contributed by atoms with Gasteiger partial charge < -0.3 is 10.1 Å². The molecule has 1 aromatic heterocycles. The van der Waals surface area contributed by atoms with Gasteiger partial charge in [-0.3, -0.25) is 4.79 Å². The van der Waals surface area contributed by atoms with Crippen LogP contribution in [-0.4, -0.2) is 30.6 Å². The Morgan fingerprint density at radius 3 is 3.11 bits per heavy atom. The largest absolute Gasteiger partial charge is 0.381 e. The molecule has 106 valence electrons. The summed E-state index contributed by atoms with van der Waals surface area (Å²) in [5.74, 6) is 1.03. The number of nitrogens with zero attached hydrogens (tertiary/aromatic N) is 1. The highest BCUT2D eigenvalue weighted by atomic mass is 32.1. The van der Waals surface area contributed by atoms with E-state index in [1.807, 2.05) is 0 Å². The number of carbonyl (C=O) groups is 1. The molecule has 1 aliphatic heterocycles. The number of amides is 1. The molecule has 0 unspecified atom stereocenters. The minimum absolute atomic E-state index is 0.134. The Hall–Kier alpha value is -0.940. The average molecular weight is 282 g/mol. The van der Waals surface area contributed by atoms with Crippen LogP contribution in [0.2, 0.25) is 0 Å². The Morgan fingerprint density at radius 1 is 1.63 bits per heavy atom. The lowest BCUT2D eigenvalue weighted by molar-refractivity contribution is -0.122. The molecular weight excluding hydrogens is 260 g/mol. The molecule has 0 bridgehead atoms. The molecule has 19 heavy (non-hydrogen) atoms. The maximum absolute atomic E-state index is 11.7. The minimum Gasteiger partial charge on any atom is -0.381 e. The molecule has 1 N–H and O–H groups in total. The van der Waals surface area contributed by atoms with E-state index in [9.17, 15) is 4.79 Å². The van der Waals surface area contributed by atoms with Crippen molar-refractivity contribution in [3.8, 4) is 0 Å². The zero-order valence-corrected chi connectivity index (χ0v) is 12.5. The summed E-state index contributed by atoms with van der Waals surface area (Å²) in [4.78, 5) is 16.3. The maximum Gasteiger partial charge on any atom is 0.220 e. The van der Waals surface area contributed by atoms with Gasteiger partial charge in [0.15, 0.2) is 0 Å². The molecule has 0 radical (unpaired) electrons. The number of hydrogen-bond donors (Lipinski definition) is 1. The molecule has 5 heteroatoms. The van der Waals surface area contributed by atoms with E-state index in [2.05, 4.69) is 29.5 Å². The fraction of sp³-hybridized carbons (Fsp3) is 0.714. The highest BCUT2D eigenvalue weighted by Gasteiger charge is 2.18. The van der Waals surface area contributed by atoms with Crippen LogP contribution in [0.4, 0.5) is 0 Å². The number of carbonyl (C=O) groups excluding carboxylic acids is 1.